The minimum Gasteiger partial charge on any atom is -0.354 e. The number of nitrogens with one attached hydrogen (secondary N) is 2. The summed E-state index contributed by atoms with van der Waals surface area (Å²) in [4.78, 5) is 20.2. The molecular weight excluding hydrogens is 302 g/mol. The molecule has 1 heterocycles. The Morgan fingerprint density at radius 3 is 2.74 bits per heavy atom. The molecule has 1 amide bonds. The van der Waals surface area contributed by atoms with Crippen molar-refractivity contribution in [1.82, 2.24) is 9.97 Å². The van der Waals surface area contributed by atoms with Gasteiger partial charge in [0.2, 0.25) is 5.95 Å². The Balaban J connectivity index is 2.04. The highest BCUT2D eigenvalue weighted by Crippen LogP contribution is 2.16. The molecule has 0 unspecified atom stereocenters. The molecule has 0 atom stereocenters. The second kappa shape index (κ2) is 7.62. The van der Waals surface area contributed by atoms with Crippen LogP contribution in [0, 0.1) is 17.6 Å². The highest BCUT2D eigenvalue weighted by molar-refractivity contribution is 6.03. The lowest BCUT2D eigenvalue weighted by atomic mass is 10.1. The summed E-state index contributed by atoms with van der Waals surface area (Å²) in [6, 6.07) is 4.35. The van der Waals surface area contributed by atoms with Crippen LogP contribution in [0.5, 0.6) is 0 Å². The molecule has 0 spiro atoms. The van der Waals surface area contributed by atoms with Gasteiger partial charge in [-0.3, -0.25) is 4.79 Å². The van der Waals surface area contributed by atoms with Gasteiger partial charge in [0, 0.05) is 18.8 Å². The number of carbonyl (C=O) groups excluding carboxylic acids is 1. The number of carbonyl (C=O) groups is 1. The van der Waals surface area contributed by atoms with Crippen molar-refractivity contribution in [2.45, 2.75) is 20.3 Å². The van der Waals surface area contributed by atoms with Crippen molar-refractivity contribution >= 4 is 17.5 Å². The van der Waals surface area contributed by atoms with Gasteiger partial charge in [0.25, 0.3) is 5.91 Å². The van der Waals surface area contributed by atoms with Gasteiger partial charge in [-0.1, -0.05) is 13.8 Å². The van der Waals surface area contributed by atoms with E-state index in [4.69, 9.17) is 0 Å². The van der Waals surface area contributed by atoms with Crippen molar-refractivity contribution < 1.29 is 13.6 Å². The molecule has 0 bridgehead atoms. The molecule has 0 aliphatic rings. The predicted octanol–water partition coefficient (Wildman–Crippen LogP) is 3.47. The first-order valence-electron chi connectivity index (χ1n) is 7.29. The van der Waals surface area contributed by atoms with E-state index in [0.717, 1.165) is 18.6 Å². The minimum absolute atomic E-state index is 0.0933. The Bertz CT molecular complexity index is 692. The predicted molar refractivity (Wildman–Crippen MR) is 84.3 cm³/mol. The maximum atomic E-state index is 13.5. The monoisotopic (exact) mass is 320 g/mol. The molecule has 1 aromatic carbocycles. The summed E-state index contributed by atoms with van der Waals surface area (Å²) in [5.74, 6) is -1.28. The van der Waals surface area contributed by atoms with Crippen LogP contribution in [0.3, 0.4) is 0 Å². The molecule has 23 heavy (non-hydrogen) atoms. The van der Waals surface area contributed by atoms with E-state index in [9.17, 15) is 13.6 Å². The first kappa shape index (κ1) is 16.8. The Kier molecular flexibility index (Phi) is 5.56. The molecule has 1 aromatic heterocycles. The lowest BCUT2D eigenvalue weighted by Gasteiger charge is -2.09. The normalized spacial score (nSPS) is 10.7. The third-order valence-electron chi connectivity index (χ3n) is 3.07. The van der Waals surface area contributed by atoms with Crippen LogP contribution in [0.4, 0.5) is 20.4 Å². The fourth-order valence-electron chi connectivity index (χ4n) is 1.82. The lowest BCUT2D eigenvalue weighted by molar-refractivity contribution is 0.102. The topological polar surface area (TPSA) is 66.9 Å². The van der Waals surface area contributed by atoms with Crippen LogP contribution < -0.4 is 10.6 Å². The van der Waals surface area contributed by atoms with Crippen molar-refractivity contribution in [2.75, 3.05) is 17.2 Å². The summed E-state index contributed by atoms with van der Waals surface area (Å²) in [5.41, 5.74) is -0.0138. The number of anilines is 2. The summed E-state index contributed by atoms with van der Waals surface area (Å²) in [6.45, 7) is 4.89. The van der Waals surface area contributed by atoms with Gasteiger partial charge in [-0.25, -0.2) is 18.7 Å². The number of benzene rings is 1. The van der Waals surface area contributed by atoms with E-state index in [0.29, 0.717) is 24.5 Å². The van der Waals surface area contributed by atoms with Crippen molar-refractivity contribution in [2.24, 2.45) is 5.92 Å². The number of halogens is 2. The van der Waals surface area contributed by atoms with Gasteiger partial charge in [-0.2, -0.15) is 0 Å². The zero-order valence-corrected chi connectivity index (χ0v) is 12.9. The Labute approximate surface area is 133 Å². The Morgan fingerprint density at radius 2 is 2.04 bits per heavy atom. The standard InChI is InChI=1S/C16H18F2N4O/c1-10(2)5-7-19-16-20-8-6-14(22-16)15(23)21-13-4-3-11(17)9-12(13)18/h3-4,6,8-10H,5,7H2,1-2H3,(H,21,23)(H,19,20,22). The van der Waals surface area contributed by atoms with Crippen LogP contribution >= 0.6 is 0 Å². The molecule has 0 radical (unpaired) electrons. The number of hydrogen-bond donors (Lipinski definition) is 2. The number of nitrogens with zero attached hydrogens (tertiary/aromatic N) is 2. The van der Waals surface area contributed by atoms with Crippen molar-refractivity contribution in [3.63, 3.8) is 0 Å². The van der Waals surface area contributed by atoms with E-state index in [1.54, 1.807) is 0 Å². The van der Waals surface area contributed by atoms with Gasteiger partial charge in [0.15, 0.2) is 0 Å². The maximum absolute atomic E-state index is 13.5. The summed E-state index contributed by atoms with van der Waals surface area (Å²) in [7, 11) is 0. The summed E-state index contributed by atoms with van der Waals surface area (Å²) < 4.78 is 26.4. The van der Waals surface area contributed by atoms with Crippen molar-refractivity contribution in [1.29, 1.82) is 0 Å². The number of aromatic nitrogens is 2. The summed E-state index contributed by atoms with van der Waals surface area (Å²) >= 11 is 0. The van der Waals surface area contributed by atoms with Crippen LogP contribution in [0.25, 0.3) is 0 Å². The quantitative estimate of drug-likeness (QED) is 0.855. The van der Waals surface area contributed by atoms with E-state index in [1.165, 1.54) is 12.3 Å². The molecule has 0 aliphatic heterocycles. The highest BCUT2D eigenvalue weighted by atomic mass is 19.1. The van der Waals surface area contributed by atoms with Crippen molar-refractivity contribution in [3.05, 3.63) is 47.8 Å². The first-order valence-corrected chi connectivity index (χ1v) is 7.29. The molecule has 0 saturated carbocycles. The van der Waals surface area contributed by atoms with Gasteiger partial charge < -0.3 is 10.6 Å². The SMILES string of the molecule is CC(C)CCNc1nccc(C(=O)Nc2ccc(F)cc2F)n1. The van der Waals surface area contributed by atoms with Crippen molar-refractivity contribution in [3.8, 4) is 0 Å². The zero-order chi connectivity index (χ0) is 16.8. The fourth-order valence-corrected chi connectivity index (χ4v) is 1.82. The average Bonchev–Trinajstić information content (AvgIpc) is 2.50. The highest BCUT2D eigenvalue weighted by Gasteiger charge is 2.12. The smallest absolute Gasteiger partial charge is 0.274 e. The van der Waals surface area contributed by atoms with Gasteiger partial charge in [0.1, 0.15) is 17.3 Å². The second-order valence-electron chi connectivity index (χ2n) is 5.45. The molecule has 7 heteroatoms. The van der Waals surface area contributed by atoms with E-state index in [-0.39, 0.29) is 11.4 Å². The van der Waals surface area contributed by atoms with Gasteiger partial charge >= 0.3 is 0 Å². The molecule has 0 fully saturated rings. The molecule has 2 aromatic rings. The second-order valence-corrected chi connectivity index (χ2v) is 5.45. The minimum atomic E-state index is -0.845. The number of amides is 1. The Morgan fingerprint density at radius 1 is 1.26 bits per heavy atom. The maximum Gasteiger partial charge on any atom is 0.274 e. The van der Waals surface area contributed by atoms with E-state index in [1.807, 2.05) is 0 Å². The largest absolute Gasteiger partial charge is 0.354 e. The molecule has 0 saturated heterocycles. The average molecular weight is 320 g/mol. The van der Waals surface area contributed by atoms with Gasteiger partial charge in [-0.15, -0.1) is 0 Å². The van der Waals surface area contributed by atoms with E-state index in [2.05, 4.69) is 34.4 Å². The fraction of sp³-hybridized carbons (Fsp3) is 0.312. The zero-order valence-electron chi connectivity index (χ0n) is 12.9. The third-order valence-corrected chi connectivity index (χ3v) is 3.07. The summed E-state index contributed by atoms with van der Waals surface area (Å²) in [5, 5.41) is 5.38. The molecule has 5 nitrogen and oxygen atoms in total. The van der Waals surface area contributed by atoms with E-state index >= 15 is 0 Å². The number of rotatable bonds is 6. The lowest BCUT2D eigenvalue weighted by Crippen LogP contribution is -2.16. The summed E-state index contributed by atoms with van der Waals surface area (Å²) in [6.07, 6.45) is 2.39. The first-order chi connectivity index (χ1) is 11.0. The molecular formula is C16H18F2N4O. The molecule has 2 N–H and O–H groups in total. The molecule has 122 valence electrons. The van der Waals surface area contributed by atoms with Gasteiger partial charge in [-0.05, 0) is 30.5 Å². The molecule has 0 aliphatic carbocycles. The third kappa shape index (κ3) is 4.98. The Hall–Kier alpha value is -2.57. The van der Waals surface area contributed by atoms with Crippen LogP contribution in [0.1, 0.15) is 30.8 Å². The van der Waals surface area contributed by atoms with E-state index < -0.39 is 17.5 Å². The van der Waals surface area contributed by atoms with Crippen LogP contribution in [-0.4, -0.2) is 22.4 Å². The molecule has 2 rings (SSSR count). The number of hydrogen-bond acceptors (Lipinski definition) is 4. The van der Waals surface area contributed by atoms with Crippen LogP contribution in [0.15, 0.2) is 30.5 Å². The van der Waals surface area contributed by atoms with Crippen LogP contribution in [0.2, 0.25) is 0 Å². The van der Waals surface area contributed by atoms with Crippen LogP contribution in [-0.2, 0) is 0 Å². The van der Waals surface area contributed by atoms with Gasteiger partial charge in [0.05, 0.1) is 5.69 Å².